The van der Waals surface area contributed by atoms with Crippen LogP contribution in [0.15, 0.2) is 117 Å². The Bertz CT molecular complexity index is 2310. The maximum Gasteiger partial charge on any atom is 0.394 e. The molecule has 6 N–H and O–H groups in total. The number of benzene rings is 3. The molecular formula is C50H65N5O8S. The molecule has 2 unspecified atom stereocenters. The minimum Gasteiger partial charge on any atom is -0.497 e. The molecule has 0 aliphatic carbocycles. The molecule has 6 fully saturated rings. The van der Waals surface area contributed by atoms with Crippen molar-refractivity contribution in [1.82, 2.24) is 19.8 Å². The van der Waals surface area contributed by atoms with Crippen LogP contribution in [0.3, 0.4) is 0 Å². The van der Waals surface area contributed by atoms with E-state index in [9.17, 15) is 10.2 Å². The zero-order chi connectivity index (χ0) is 46.2. The first kappa shape index (κ1) is 48.7. The molecule has 0 spiro atoms. The first-order valence-electron chi connectivity index (χ1n) is 22.0. The summed E-state index contributed by atoms with van der Waals surface area (Å²) in [4.78, 5) is 13.7. The van der Waals surface area contributed by atoms with Crippen molar-refractivity contribution in [2.24, 2.45) is 29.4 Å². The number of hydrogen-bond donors (Lipinski definition) is 5. The van der Waals surface area contributed by atoms with E-state index in [2.05, 4.69) is 57.2 Å². The lowest BCUT2D eigenvalue weighted by Crippen LogP contribution is -2.54. The van der Waals surface area contributed by atoms with Gasteiger partial charge in [-0.25, -0.2) is 0 Å². The van der Waals surface area contributed by atoms with Crippen LogP contribution in [0.5, 0.6) is 11.5 Å². The summed E-state index contributed by atoms with van der Waals surface area (Å²) in [7, 11) is -1.34. The molecule has 0 radical (unpaired) electrons. The smallest absolute Gasteiger partial charge is 0.394 e. The molecule has 6 saturated heterocycles. The van der Waals surface area contributed by atoms with Crippen LogP contribution in [-0.2, 0) is 16.8 Å². The van der Waals surface area contributed by atoms with Crippen LogP contribution in [0.4, 0.5) is 0 Å². The maximum atomic E-state index is 11.2. The summed E-state index contributed by atoms with van der Waals surface area (Å²) in [6.45, 7) is 16.2. The lowest BCUT2D eigenvalue weighted by Gasteiger charge is -2.50. The van der Waals surface area contributed by atoms with Crippen molar-refractivity contribution in [2.45, 2.75) is 75.8 Å². The number of methoxy groups -OCH3 is 2. The van der Waals surface area contributed by atoms with E-state index in [1.54, 1.807) is 26.6 Å². The number of aromatic nitrogens is 2. The third kappa shape index (κ3) is 12.5. The van der Waals surface area contributed by atoms with Gasteiger partial charge in [0.2, 0.25) is 0 Å². The van der Waals surface area contributed by atoms with Crippen molar-refractivity contribution < 1.29 is 37.2 Å². The fourth-order valence-corrected chi connectivity index (χ4v) is 10.0. The van der Waals surface area contributed by atoms with Crippen molar-refractivity contribution in [3.63, 3.8) is 0 Å². The Labute approximate surface area is 378 Å². The highest BCUT2D eigenvalue weighted by atomic mass is 32.3. The molecule has 14 heteroatoms. The van der Waals surface area contributed by atoms with Gasteiger partial charge in [-0.05, 0) is 148 Å². The van der Waals surface area contributed by atoms with Gasteiger partial charge in [0.25, 0.3) is 0 Å². The fraction of sp³-hybridized carbons (Fsp3) is 0.440. The van der Waals surface area contributed by atoms with Crippen molar-refractivity contribution >= 4 is 32.2 Å². The van der Waals surface area contributed by atoms with Gasteiger partial charge in [0.1, 0.15) is 11.5 Å². The molecule has 0 saturated carbocycles. The number of piperidine rings is 6. The Kier molecular flexibility index (Phi) is 16.3. The van der Waals surface area contributed by atoms with E-state index in [1.807, 2.05) is 80.6 Å². The number of rotatable bonds is 10. The van der Waals surface area contributed by atoms with Crippen LogP contribution in [0.2, 0.25) is 0 Å². The Hall–Kier alpha value is -4.77. The van der Waals surface area contributed by atoms with Gasteiger partial charge >= 0.3 is 10.4 Å². The van der Waals surface area contributed by atoms with Crippen molar-refractivity contribution in [1.29, 1.82) is 0 Å². The first-order valence-corrected chi connectivity index (χ1v) is 23.4. The van der Waals surface area contributed by atoms with Crippen LogP contribution in [0.1, 0.15) is 68.4 Å². The molecule has 0 amide bonds. The SMILES string of the molecule is C=C[C@H]1CN2CC[C@H]1C[C@H]2[C@H](O)c1ccnc2ccc(OC)cc12.C=C[C@H]1CN2CC[C@H]1C[C@H]2[C@H](O)c1ccnc2ccc(OC)cc12.CC(C)(N)Cc1ccccc1.O=S(=O)(O)O. The van der Waals surface area contributed by atoms with E-state index < -0.39 is 22.6 Å². The number of fused-ring (bicyclic) bond motifs is 8. The van der Waals surface area contributed by atoms with Gasteiger partial charge in [0, 0.05) is 53.9 Å². The zero-order valence-electron chi connectivity index (χ0n) is 37.4. The highest BCUT2D eigenvalue weighted by molar-refractivity contribution is 7.79. The first-order chi connectivity index (χ1) is 30.5. The Morgan fingerprint density at radius 3 is 1.52 bits per heavy atom. The van der Waals surface area contributed by atoms with Crippen molar-refractivity contribution in [3.05, 3.63) is 133 Å². The number of aliphatic hydroxyl groups is 2. The highest BCUT2D eigenvalue weighted by Gasteiger charge is 2.43. The number of nitrogens with zero attached hydrogens (tertiary/aromatic N) is 4. The van der Waals surface area contributed by atoms with Crippen molar-refractivity contribution in [3.8, 4) is 11.5 Å². The van der Waals surface area contributed by atoms with Gasteiger partial charge in [-0.3, -0.25) is 28.9 Å². The summed E-state index contributed by atoms with van der Waals surface area (Å²) < 4.78 is 42.3. The molecule has 344 valence electrons. The van der Waals surface area contributed by atoms with Crippen LogP contribution < -0.4 is 15.2 Å². The van der Waals surface area contributed by atoms with Crippen LogP contribution in [0, 0.1) is 23.7 Å². The lowest BCUT2D eigenvalue weighted by atomic mass is 9.73. The lowest BCUT2D eigenvalue weighted by molar-refractivity contribution is -0.0445. The second-order valence-corrected chi connectivity index (χ2v) is 18.9. The fourth-order valence-electron chi connectivity index (χ4n) is 10.0. The predicted octanol–water partition coefficient (Wildman–Crippen LogP) is 7.66. The molecule has 4 bridgehead atoms. The summed E-state index contributed by atoms with van der Waals surface area (Å²) in [6.07, 6.45) is 12.2. The molecule has 6 aliphatic rings. The largest absolute Gasteiger partial charge is 0.497 e. The number of pyridine rings is 2. The average molecular weight is 896 g/mol. The summed E-state index contributed by atoms with van der Waals surface area (Å²) in [5, 5.41) is 24.3. The van der Waals surface area contributed by atoms with E-state index in [4.69, 9.17) is 32.7 Å². The molecule has 10 atom stereocenters. The second-order valence-electron chi connectivity index (χ2n) is 18.0. The summed E-state index contributed by atoms with van der Waals surface area (Å²) >= 11 is 0. The molecule has 13 nitrogen and oxygen atoms in total. The minimum absolute atomic E-state index is 0.0959. The van der Waals surface area contributed by atoms with E-state index >= 15 is 0 Å². The monoisotopic (exact) mass is 895 g/mol. The maximum absolute atomic E-state index is 11.2. The number of hydrogen-bond acceptors (Lipinski definition) is 11. The average Bonchev–Trinajstić information content (AvgIpc) is 3.30. The molecular weight excluding hydrogens is 831 g/mol. The minimum atomic E-state index is -4.67. The second kappa shape index (κ2) is 21.5. The van der Waals surface area contributed by atoms with Gasteiger partial charge in [0.15, 0.2) is 0 Å². The number of nitrogens with two attached hydrogens (primary N) is 1. The molecule has 8 heterocycles. The van der Waals surface area contributed by atoms with Crippen LogP contribution in [-0.4, -0.2) is 106 Å². The molecule has 3 aromatic carbocycles. The topological polar surface area (TPSA) is 192 Å². The van der Waals surface area contributed by atoms with E-state index in [1.165, 1.54) is 18.4 Å². The van der Waals surface area contributed by atoms with Gasteiger partial charge in [-0.1, -0.05) is 42.5 Å². The molecule has 11 rings (SSSR count). The summed E-state index contributed by atoms with van der Waals surface area (Å²) in [6, 6.07) is 26.2. The van der Waals surface area contributed by atoms with E-state index in [0.717, 1.165) is 89.9 Å². The van der Waals surface area contributed by atoms with Crippen LogP contribution in [0.25, 0.3) is 21.8 Å². The van der Waals surface area contributed by atoms with Crippen molar-refractivity contribution in [2.75, 3.05) is 40.4 Å². The summed E-state index contributed by atoms with van der Waals surface area (Å²) in [5.74, 6) is 4.01. The summed E-state index contributed by atoms with van der Waals surface area (Å²) in [5.41, 5.74) is 10.8. The van der Waals surface area contributed by atoms with Gasteiger partial charge < -0.3 is 25.4 Å². The molecule has 5 aromatic rings. The Morgan fingerprint density at radius 2 is 1.17 bits per heavy atom. The molecule has 6 aliphatic heterocycles. The van der Waals surface area contributed by atoms with Gasteiger partial charge in [-0.2, -0.15) is 8.42 Å². The number of ether oxygens (including phenoxy) is 2. The van der Waals surface area contributed by atoms with E-state index in [0.29, 0.717) is 23.7 Å². The zero-order valence-corrected chi connectivity index (χ0v) is 38.2. The third-order valence-corrected chi connectivity index (χ3v) is 13.1. The van der Waals surface area contributed by atoms with Gasteiger partial charge in [0.05, 0.1) is 37.5 Å². The predicted molar refractivity (Wildman–Crippen MR) is 253 cm³/mol. The quantitative estimate of drug-likeness (QED) is 0.0679. The standard InChI is InChI=1S/2C20H24N2O2.C10H15N.H2O4S/c2*1-3-13-12-22-9-7-14(13)10-19(22)20(23)16-6-8-21-18-5-4-15(24-2)11-17(16)18;1-10(2,11)8-9-6-4-3-5-7-9;1-5(2,3)4/h2*3-6,8,11,13-14,19-20,23H,1,7,9-10,12H2,2H3;3-7H,8,11H2,1-2H3;(H2,1,2,3,4)/t2*13-,14-,19-,20+;;/m00../s1. The molecule has 2 aromatic heterocycles. The Morgan fingerprint density at radius 1 is 0.750 bits per heavy atom. The Balaban J connectivity index is 0.000000160. The highest BCUT2D eigenvalue weighted by Crippen LogP contribution is 2.44. The van der Waals surface area contributed by atoms with E-state index in [-0.39, 0.29) is 17.6 Å². The third-order valence-electron chi connectivity index (χ3n) is 13.1. The number of aliphatic hydroxyl groups excluding tert-OH is 2. The normalized spacial score (nSPS) is 25.6. The van der Waals surface area contributed by atoms with Gasteiger partial charge in [-0.15, -0.1) is 13.2 Å². The van der Waals surface area contributed by atoms with Crippen LogP contribution >= 0.6 is 0 Å². The molecule has 64 heavy (non-hydrogen) atoms.